The van der Waals surface area contributed by atoms with Gasteiger partial charge in [0.1, 0.15) is 6.33 Å². The Balaban J connectivity index is 2.08. The second-order valence-corrected chi connectivity index (χ2v) is 5.08. The minimum Gasteiger partial charge on any atom is -0.325 e. The van der Waals surface area contributed by atoms with Gasteiger partial charge >= 0.3 is 0 Å². The van der Waals surface area contributed by atoms with Crippen molar-refractivity contribution < 1.29 is 4.79 Å². The zero-order chi connectivity index (χ0) is 15.2. The first-order chi connectivity index (χ1) is 10.1. The zero-order valence-electron chi connectivity index (χ0n) is 12.4. The number of hydrogen-bond donors (Lipinski definition) is 2. The van der Waals surface area contributed by atoms with E-state index in [-0.39, 0.29) is 5.91 Å². The predicted molar refractivity (Wildman–Crippen MR) is 82.6 cm³/mol. The average molecular weight is 287 g/mol. The molecule has 21 heavy (non-hydrogen) atoms. The van der Waals surface area contributed by atoms with Gasteiger partial charge in [0.2, 0.25) is 5.91 Å². The molecule has 6 nitrogen and oxygen atoms in total. The lowest BCUT2D eigenvalue weighted by Gasteiger charge is -2.12. The topological polar surface area (TPSA) is 85.8 Å². The summed E-state index contributed by atoms with van der Waals surface area (Å²) in [5, 5.41) is 10.8. The molecule has 2 aromatic rings. The number of hydrogen-bond acceptors (Lipinski definition) is 4. The van der Waals surface area contributed by atoms with Gasteiger partial charge in [0.05, 0.1) is 6.04 Å². The van der Waals surface area contributed by atoms with Gasteiger partial charge < -0.3 is 15.6 Å². The van der Waals surface area contributed by atoms with Gasteiger partial charge in [0.25, 0.3) is 0 Å². The van der Waals surface area contributed by atoms with Crippen LogP contribution >= 0.6 is 0 Å². The normalized spacial score (nSPS) is 12.1. The Bertz CT molecular complexity index is 608. The van der Waals surface area contributed by atoms with Gasteiger partial charge in [-0.05, 0) is 18.6 Å². The Hall–Kier alpha value is -2.21. The van der Waals surface area contributed by atoms with Crippen LogP contribution < -0.4 is 11.1 Å². The van der Waals surface area contributed by atoms with Crippen molar-refractivity contribution in [3.05, 3.63) is 30.6 Å². The third-order valence-corrected chi connectivity index (χ3v) is 3.31. The van der Waals surface area contributed by atoms with Crippen molar-refractivity contribution in [1.82, 2.24) is 14.8 Å². The van der Waals surface area contributed by atoms with Gasteiger partial charge in [-0.25, -0.2) is 0 Å². The van der Waals surface area contributed by atoms with E-state index in [0.717, 1.165) is 24.2 Å². The minimum absolute atomic E-state index is 0.154. The SMILES string of the molecule is CCCC[C@H](N)C(=O)Nc1cccc(-c2nncn2C)c1. The Morgan fingerprint density at radius 1 is 1.48 bits per heavy atom. The van der Waals surface area contributed by atoms with Gasteiger partial charge in [-0.1, -0.05) is 31.9 Å². The van der Waals surface area contributed by atoms with E-state index in [1.54, 1.807) is 6.33 Å². The fourth-order valence-electron chi connectivity index (χ4n) is 2.07. The Morgan fingerprint density at radius 2 is 2.29 bits per heavy atom. The highest BCUT2D eigenvalue weighted by Crippen LogP contribution is 2.20. The molecule has 0 aliphatic heterocycles. The van der Waals surface area contributed by atoms with E-state index in [1.807, 2.05) is 35.9 Å². The largest absolute Gasteiger partial charge is 0.325 e. The van der Waals surface area contributed by atoms with E-state index >= 15 is 0 Å². The molecule has 112 valence electrons. The number of carbonyl (C=O) groups is 1. The number of aryl methyl sites for hydroxylation is 1. The molecule has 0 saturated carbocycles. The fourth-order valence-corrected chi connectivity index (χ4v) is 2.07. The molecule has 0 aliphatic rings. The molecule has 2 rings (SSSR count). The highest BCUT2D eigenvalue weighted by molar-refractivity contribution is 5.95. The van der Waals surface area contributed by atoms with Gasteiger partial charge in [0, 0.05) is 18.3 Å². The molecule has 1 heterocycles. The quantitative estimate of drug-likeness (QED) is 0.850. The first-order valence-corrected chi connectivity index (χ1v) is 7.12. The molecule has 0 fully saturated rings. The van der Waals surface area contributed by atoms with Crippen molar-refractivity contribution in [2.45, 2.75) is 32.2 Å². The van der Waals surface area contributed by atoms with Gasteiger partial charge in [-0.3, -0.25) is 4.79 Å². The van der Waals surface area contributed by atoms with E-state index in [1.165, 1.54) is 0 Å². The number of aromatic nitrogens is 3. The summed E-state index contributed by atoms with van der Waals surface area (Å²) in [5.74, 6) is 0.597. The van der Waals surface area contributed by atoms with E-state index in [2.05, 4.69) is 22.4 Å². The number of nitrogens with two attached hydrogens (primary N) is 1. The lowest BCUT2D eigenvalue weighted by Crippen LogP contribution is -2.35. The number of amides is 1. The summed E-state index contributed by atoms with van der Waals surface area (Å²) in [6, 6.07) is 7.04. The summed E-state index contributed by atoms with van der Waals surface area (Å²) >= 11 is 0. The molecule has 0 radical (unpaired) electrons. The number of rotatable bonds is 6. The van der Waals surface area contributed by atoms with Crippen molar-refractivity contribution in [2.75, 3.05) is 5.32 Å². The smallest absolute Gasteiger partial charge is 0.241 e. The standard InChI is InChI=1S/C15H21N5O/c1-3-4-8-13(16)15(21)18-12-7-5-6-11(9-12)14-19-17-10-20(14)2/h5-7,9-10,13H,3-4,8,16H2,1-2H3,(H,18,21)/t13-/m0/s1. The van der Waals surface area contributed by atoms with Crippen LogP contribution in [-0.2, 0) is 11.8 Å². The first-order valence-electron chi connectivity index (χ1n) is 7.12. The Labute approximate surface area is 124 Å². The van der Waals surface area contributed by atoms with Crippen LogP contribution in [0.4, 0.5) is 5.69 Å². The molecule has 1 aromatic carbocycles. The molecule has 0 aliphatic carbocycles. The van der Waals surface area contributed by atoms with Crippen LogP contribution in [0.15, 0.2) is 30.6 Å². The van der Waals surface area contributed by atoms with Crippen molar-refractivity contribution in [3.8, 4) is 11.4 Å². The van der Waals surface area contributed by atoms with Crippen LogP contribution in [0, 0.1) is 0 Å². The van der Waals surface area contributed by atoms with Crippen molar-refractivity contribution >= 4 is 11.6 Å². The Morgan fingerprint density at radius 3 is 2.95 bits per heavy atom. The van der Waals surface area contributed by atoms with E-state index in [4.69, 9.17) is 5.73 Å². The van der Waals surface area contributed by atoms with Crippen molar-refractivity contribution in [2.24, 2.45) is 12.8 Å². The number of nitrogens with one attached hydrogen (secondary N) is 1. The average Bonchev–Trinajstić information content (AvgIpc) is 2.91. The highest BCUT2D eigenvalue weighted by atomic mass is 16.2. The van der Waals surface area contributed by atoms with Crippen LogP contribution in [0.25, 0.3) is 11.4 Å². The second-order valence-electron chi connectivity index (χ2n) is 5.08. The minimum atomic E-state index is -0.469. The van der Waals surface area contributed by atoms with E-state index < -0.39 is 6.04 Å². The summed E-state index contributed by atoms with van der Waals surface area (Å²) in [6.45, 7) is 2.08. The highest BCUT2D eigenvalue weighted by Gasteiger charge is 2.13. The van der Waals surface area contributed by atoms with Crippen molar-refractivity contribution in [1.29, 1.82) is 0 Å². The number of nitrogens with zero attached hydrogens (tertiary/aromatic N) is 3. The molecule has 1 amide bonds. The molecule has 1 atom stereocenters. The molecule has 1 aromatic heterocycles. The molecule has 0 bridgehead atoms. The van der Waals surface area contributed by atoms with Crippen LogP contribution in [-0.4, -0.2) is 26.7 Å². The van der Waals surface area contributed by atoms with Crippen LogP contribution in [0.1, 0.15) is 26.2 Å². The van der Waals surface area contributed by atoms with Gasteiger partial charge in [-0.2, -0.15) is 0 Å². The summed E-state index contributed by atoms with van der Waals surface area (Å²) in [7, 11) is 1.88. The summed E-state index contributed by atoms with van der Waals surface area (Å²) < 4.78 is 1.83. The maximum atomic E-state index is 12.0. The maximum Gasteiger partial charge on any atom is 0.241 e. The van der Waals surface area contributed by atoms with Gasteiger partial charge in [-0.15, -0.1) is 10.2 Å². The van der Waals surface area contributed by atoms with Crippen LogP contribution in [0.2, 0.25) is 0 Å². The molecular formula is C15H21N5O. The van der Waals surface area contributed by atoms with Gasteiger partial charge in [0.15, 0.2) is 5.82 Å². The summed E-state index contributed by atoms with van der Waals surface area (Å²) in [6.07, 6.45) is 4.32. The monoisotopic (exact) mass is 287 g/mol. The molecule has 0 spiro atoms. The molecule has 6 heteroatoms. The van der Waals surface area contributed by atoms with Crippen molar-refractivity contribution in [3.63, 3.8) is 0 Å². The lowest BCUT2D eigenvalue weighted by molar-refractivity contribution is -0.117. The molecular weight excluding hydrogens is 266 g/mol. The summed E-state index contributed by atoms with van der Waals surface area (Å²) in [5.41, 5.74) is 7.48. The first kappa shape index (κ1) is 15.2. The third-order valence-electron chi connectivity index (χ3n) is 3.31. The predicted octanol–water partition coefficient (Wildman–Crippen LogP) is 1.94. The molecule has 3 N–H and O–H groups in total. The van der Waals surface area contributed by atoms with Crippen LogP contribution in [0.3, 0.4) is 0 Å². The van der Waals surface area contributed by atoms with Crippen LogP contribution in [0.5, 0.6) is 0 Å². The fraction of sp³-hybridized carbons (Fsp3) is 0.400. The van der Waals surface area contributed by atoms with E-state index in [9.17, 15) is 4.79 Å². The number of anilines is 1. The molecule has 0 unspecified atom stereocenters. The summed E-state index contributed by atoms with van der Waals surface area (Å²) in [4.78, 5) is 12.0. The number of benzene rings is 1. The third kappa shape index (κ3) is 3.88. The second kappa shape index (κ2) is 6.99. The number of unbranched alkanes of at least 4 members (excludes halogenated alkanes) is 1. The molecule has 0 saturated heterocycles. The Kier molecular flexibility index (Phi) is 5.05. The number of carbonyl (C=O) groups excluding carboxylic acids is 1. The maximum absolute atomic E-state index is 12.0. The zero-order valence-corrected chi connectivity index (χ0v) is 12.4. The lowest BCUT2D eigenvalue weighted by atomic mass is 10.1. The van der Waals surface area contributed by atoms with E-state index in [0.29, 0.717) is 12.1 Å².